The molecule has 1 aliphatic rings. The number of nitrogens with one attached hydrogen (secondary N) is 1. The topological polar surface area (TPSA) is 72.2 Å². The van der Waals surface area contributed by atoms with E-state index in [4.69, 9.17) is 0 Å². The van der Waals surface area contributed by atoms with E-state index in [1.54, 1.807) is 6.92 Å². The molecule has 1 N–H and O–H groups in total. The molecule has 1 atom stereocenters. The van der Waals surface area contributed by atoms with Gasteiger partial charge in [0.1, 0.15) is 10.7 Å². The molecular weight excluding hydrogens is 226 g/mol. The smallest absolute Gasteiger partial charge is 0.296 e. The summed E-state index contributed by atoms with van der Waals surface area (Å²) < 4.78 is 1.35. The molecule has 1 aliphatic heterocycles. The highest BCUT2D eigenvalue weighted by atomic mass is 32.1. The molecule has 0 radical (unpaired) electrons. The second-order valence-electron chi connectivity index (χ2n) is 3.87. The zero-order valence-electron chi connectivity index (χ0n) is 8.80. The van der Waals surface area contributed by atoms with Crippen molar-refractivity contribution in [1.82, 2.24) is 25.1 Å². The van der Waals surface area contributed by atoms with E-state index in [0.717, 1.165) is 24.4 Å². The van der Waals surface area contributed by atoms with Crippen LogP contribution >= 0.6 is 11.3 Å². The zero-order valence-corrected chi connectivity index (χ0v) is 9.62. The molecule has 16 heavy (non-hydrogen) atoms. The van der Waals surface area contributed by atoms with Gasteiger partial charge in [0.05, 0.1) is 6.04 Å². The monoisotopic (exact) mass is 237 g/mol. The van der Waals surface area contributed by atoms with Crippen molar-refractivity contribution in [3.63, 3.8) is 0 Å². The molecule has 1 fully saturated rings. The van der Waals surface area contributed by atoms with E-state index < -0.39 is 0 Å². The van der Waals surface area contributed by atoms with Crippen LogP contribution in [0, 0.1) is 6.92 Å². The van der Waals surface area contributed by atoms with E-state index in [-0.39, 0.29) is 11.6 Å². The summed E-state index contributed by atoms with van der Waals surface area (Å²) in [7, 11) is 0. The number of aryl methyl sites for hydroxylation is 1. The molecule has 3 heterocycles. The quantitative estimate of drug-likeness (QED) is 0.771. The summed E-state index contributed by atoms with van der Waals surface area (Å²) in [6.07, 6.45) is 2.22. The second-order valence-corrected chi connectivity index (χ2v) is 4.86. The molecule has 1 saturated heterocycles. The summed E-state index contributed by atoms with van der Waals surface area (Å²) in [6.45, 7) is 2.66. The van der Waals surface area contributed by atoms with Crippen LogP contribution in [-0.4, -0.2) is 26.4 Å². The fourth-order valence-corrected chi connectivity index (χ4v) is 2.79. The lowest BCUT2D eigenvalue weighted by molar-refractivity contribution is 0.626. The van der Waals surface area contributed by atoms with Crippen molar-refractivity contribution in [2.24, 2.45) is 0 Å². The van der Waals surface area contributed by atoms with Gasteiger partial charge in [-0.2, -0.15) is 9.61 Å². The van der Waals surface area contributed by atoms with Gasteiger partial charge in [-0.1, -0.05) is 11.3 Å². The van der Waals surface area contributed by atoms with Crippen molar-refractivity contribution >= 4 is 16.3 Å². The molecule has 3 rings (SSSR count). The van der Waals surface area contributed by atoms with Crippen LogP contribution in [-0.2, 0) is 0 Å². The maximum absolute atomic E-state index is 11.7. The van der Waals surface area contributed by atoms with Gasteiger partial charge in [0, 0.05) is 0 Å². The Morgan fingerprint density at radius 1 is 1.50 bits per heavy atom. The minimum Gasteiger partial charge on any atom is -0.308 e. The van der Waals surface area contributed by atoms with E-state index in [9.17, 15) is 4.79 Å². The van der Waals surface area contributed by atoms with Crippen molar-refractivity contribution in [3.05, 3.63) is 21.1 Å². The highest BCUT2D eigenvalue weighted by molar-refractivity contribution is 7.16. The summed E-state index contributed by atoms with van der Waals surface area (Å²) in [5.41, 5.74) is 0.208. The normalized spacial score (nSPS) is 20.7. The SMILES string of the molecule is Cc1nnc2sc(C3CCCN3)nn2c1=O. The molecule has 84 valence electrons. The fourth-order valence-electron chi connectivity index (χ4n) is 1.84. The minimum atomic E-state index is -0.175. The first kappa shape index (κ1) is 9.86. The van der Waals surface area contributed by atoms with Crippen molar-refractivity contribution in [2.75, 3.05) is 6.54 Å². The molecule has 2 aromatic rings. The lowest BCUT2D eigenvalue weighted by Crippen LogP contribution is -2.20. The highest BCUT2D eigenvalue weighted by Crippen LogP contribution is 2.25. The van der Waals surface area contributed by atoms with Crippen LogP contribution in [0.15, 0.2) is 4.79 Å². The Bertz CT molecular complexity index is 583. The molecule has 0 spiro atoms. The third-order valence-electron chi connectivity index (χ3n) is 2.72. The predicted octanol–water partition coefficient (Wildman–Crippen LogP) is 0.279. The number of aromatic nitrogens is 4. The van der Waals surface area contributed by atoms with Gasteiger partial charge in [-0.15, -0.1) is 10.2 Å². The summed E-state index contributed by atoms with van der Waals surface area (Å²) in [5.74, 6) is 0. The second kappa shape index (κ2) is 3.60. The van der Waals surface area contributed by atoms with Crippen LogP contribution in [0.25, 0.3) is 4.96 Å². The standard InChI is InChI=1S/C9H11N5OS/c1-5-8(15)14-9(12-11-5)16-7(13-14)6-3-2-4-10-6/h6,10H,2-4H2,1H3. The van der Waals surface area contributed by atoms with Crippen LogP contribution < -0.4 is 10.9 Å². The van der Waals surface area contributed by atoms with Crippen LogP contribution in [0.4, 0.5) is 0 Å². The third kappa shape index (κ3) is 1.43. The van der Waals surface area contributed by atoms with Crippen molar-refractivity contribution in [2.45, 2.75) is 25.8 Å². The Morgan fingerprint density at radius 2 is 2.38 bits per heavy atom. The molecule has 6 nitrogen and oxygen atoms in total. The van der Waals surface area contributed by atoms with Gasteiger partial charge in [0.25, 0.3) is 5.56 Å². The largest absolute Gasteiger partial charge is 0.308 e. The molecular formula is C9H11N5OS. The maximum Gasteiger partial charge on any atom is 0.296 e. The molecule has 0 saturated carbocycles. The molecule has 0 bridgehead atoms. The van der Waals surface area contributed by atoms with Gasteiger partial charge < -0.3 is 5.32 Å². The van der Waals surface area contributed by atoms with Crippen LogP contribution in [0.1, 0.15) is 29.6 Å². The van der Waals surface area contributed by atoms with E-state index in [1.807, 2.05) is 0 Å². The van der Waals surface area contributed by atoms with Crippen LogP contribution in [0.2, 0.25) is 0 Å². The van der Waals surface area contributed by atoms with Crippen molar-refractivity contribution < 1.29 is 0 Å². The Balaban J connectivity index is 2.15. The van der Waals surface area contributed by atoms with Gasteiger partial charge in [-0.3, -0.25) is 4.79 Å². The first-order chi connectivity index (χ1) is 7.75. The number of hydrogen-bond donors (Lipinski definition) is 1. The zero-order chi connectivity index (χ0) is 11.1. The number of hydrogen-bond acceptors (Lipinski definition) is 6. The van der Waals surface area contributed by atoms with Crippen molar-refractivity contribution in [3.8, 4) is 0 Å². The molecule has 1 unspecified atom stereocenters. The average molecular weight is 237 g/mol. The first-order valence-electron chi connectivity index (χ1n) is 5.22. The molecule has 0 aliphatic carbocycles. The van der Waals surface area contributed by atoms with Gasteiger partial charge in [0.15, 0.2) is 0 Å². The Morgan fingerprint density at radius 3 is 3.12 bits per heavy atom. The van der Waals surface area contributed by atoms with E-state index >= 15 is 0 Å². The summed E-state index contributed by atoms with van der Waals surface area (Å²) in [4.78, 5) is 12.3. The molecule has 2 aromatic heterocycles. The van der Waals surface area contributed by atoms with Crippen LogP contribution in [0.3, 0.4) is 0 Å². The number of fused-ring (bicyclic) bond motifs is 1. The van der Waals surface area contributed by atoms with Gasteiger partial charge in [-0.05, 0) is 26.3 Å². The maximum atomic E-state index is 11.7. The summed E-state index contributed by atoms with van der Waals surface area (Å²) in [6, 6.07) is 0.270. The lowest BCUT2D eigenvalue weighted by Gasteiger charge is -2.02. The number of rotatable bonds is 1. The Kier molecular flexibility index (Phi) is 2.22. The van der Waals surface area contributed by atoms with Crippen LogP contribution in [0.5, 0.6) is 0 Å². The van der Waals surface area contributed by atoms with Gasteiger partial charge >= 0.3 is 0 Å². The Hall–Kier alpha value is -1.34. The van der Waals surface area contributed by atoms with E-state index in [2.05, 4.69) is 20.6 Å². The predicted molar refractivity (Wildman–Crippen MR) is 59.6 cm³/mol. The summed E-state index contributed by atoms with van der Waals surface area (Å²) in [5, 5.41) is 16.4. The van der Waals surface area contributed by atoms with E-state index in [0.29, 0.717) is 10.7 Å². The molecule has 0 aromatic carbocycles. The lowest BCUT2D eigenvalue weighted by atomic mass is 10.2. The average Bonchev–Trinajstić information content (AvgIpc) is 2.91. The Labute approximate surface area is 95.3 Å². The first-order valence-corrected chi connectivity index (χ1v) is 6.04. The van der Waals surface area contributed by atoms with E-state index in [1.165, 1.54) is 15.9 Å². The van der Waals surface area contributed by atoms with Gasteiger partial charge in [0.2, 0.25) is 4.96 Å². The fraction of sp³-hybridized carbons (Fsp3) is 0.556. The number of nitrogens with zero attached hydrogens (tertiary/aromatic N) is 4. The summed E-state index contributed by atoms with van der Waals surface area (Å²) >= 11 is 1.43. The van der Waals surface area contributed by atoms with Crippen molar-refractivity contribution in [1.29, 1.82) is 0 Å². The third-order valence-corrected chi connectivity index (χ3v) is 3.73. The molecule has 7 heteroatoms. The minimum absolute atomic E-state index is 0.175. The molecule has 0 amide bonds. The van der Waals surface area contributed by atoms with Gasteiger partial charge in [-0.25, -0.2) is 0 Å². The highest BCUT2D eigenvalue weighted by Gasteiger charge is 2.21.